The fraction of sp³-hybridized carbons (Fsp3) is 0.818. The van der Waals surface area contributed by atoms with Crippen LogP contribution in [-0.2, 0) is 9.53 Å². The molecule has 0 saturated carbocycles. The number of carbonyl (C=O) groups is 2. The average Bonchev–Trinajstić information content (AvgIpc) is 2.25. The molecule has 0 bridgehead atoms. The lowest BCUT2D eigenvalue weighted by Crippen LogP contribution is -2.48. The van der Waals surface area contributed by atoms with Gasteiger partial charge in [-0.05, 0) is 25.2 Å². The predicted octanol–water partition coefficient (Wildman–Crippen LogP) is 1.72. The van der Waals surface area contributed by atoms with Crippen molar-refractivity contribution in [2.75, 3.05) is 13.2 Å². The second-order valence-corrected chi connectivity index (χ2v) is 4.51. The van der Waals surface area contributed by atoms with Crippen LogP contribution in [0.5, 0.6) is 0 Å². The zero-order valence-corrected chi connectivity index (χ0v) is 9.81. The minimum absolute atomic E-state index is 0.261. The molecule has 1 unspecified atom stereocenters. The van der Waals surface area contributed by atoms with Crippen LogP contribution < -0.4 is 0 Å². The molecule has 0 aromatic carbocycles. The molecule has 1 rings (SSSR count). The van der Waals surface area contributed by atoms with Crippen molar-refractivity contribution in [2.45, 2.75) is 39.2 Å². The van der Waals surface area contributed by atoms with E-state index in [0.29, 0.717) is 19.6 Å². The van der Waals surface area contributed by atoms with Crippen LogP contribution in [0.4, 0.5) is 4.79 Å². The minimum atomic E-state index is -0.943. The van der Waals surface area contributed by atoms with Gasteiger partial charge in [0.1, 0.15) is 6.04 Å². The van der Waals surface area contributed by atoms with Crippen LogP contribution in [0.15, 0.2) is 0 Å². The number of carboxylic acid groups (broad SMARTS) is 1. The van der Waals surface area contributed by atoms with E-state index in [1.807, 2.05) is 13.8 Å². The highest BCUT2D eigenvalue weighted by atomic mass is 16.6. The molecular formula is C11H19NO4. The van der Waals surface area contributed by atoms with Gasteiger partial charge in [0, 0.05) is 6.54 Å². The number of carboxylic acids is 1. The number of carbonyl (C=O) groups excluding carboxylic acids is 1. The molecule has 16 heavy (non-hydrogen) atoms. The van der Waals surface area contributed by atoms with Gasteiger partial charge in [0.2, 0.25) is 0 Å². The third kappa shape index (κ3) is 3.40. The van der Waals surface area contributed by atoms with E-state index in [1.165, 1.54) is 4.90 Å². The van der Waals surface area contributed by atoms with Crippen molar-refractivity contribution in [3.05, 3.63) is 0 Å². The lowest BCUT2D eigenvalue weighted by atomic mass is 10.0. The van der Waals surface area contributed by atoms with Gasteiger partial charge in [0.05, 0.1) is 6.61 Å². The summed E-state index contributed by atoms with van der Waals surface area (Å²) in [6.07, 6.45) is 1.72. The molecule has 1 N–H and O–H groups in total. The van der Waals surface area contributed by atoms with Crippen LogP contribution in [0.1, 0.15) is 33.1 Å². The van der Waals surface area contributed by atoms with Crippen LogP contribution in [0, 0.1) is 5.92 Å². The van der Waals surface area contributed by atoms with Crippen molar-refractivity contribution >= 4 is 12.1 Å². The van der Waals surface area contributed by atoms with Crippen LogP contribution in [-0.4, -0.2) is 41.3 Å². The summed E-state index contributed by atoms with van der Waals surface area (Å²) in [5, 5.41) is 8.99. The Kier molecular flexibility index (Phi) is 4.58. The number of hydrogen-bond donors (Lipinski definition) is 1. The molecule has 1 atom stereocenters. The summed E-state index contributed by atoms with van der Waals surface area (Å²) in [6.45, 7) is 4.70. The van der Waals surface area contributed by atoms with E-state index in [2.05, 4.69) is 0 Å². The Morgan fingerprint density at radius 2 is 2.12 bits per heavy atom. The SMILES string of the molecule is CC(C)COC(=O)N1CCCCC1C(=O)O. The van der Waals surface area contributed by atoms with E-state index in [4.69, 9.17) is 9.84 Å². The summed E-state index contributed by atoms with van der Waals surface area (Å²) in [7, 11) is 0. The maximum absolute atomic E-state index is 11.7. The maximum atomic E-state index is 11.7. The monoisotopic (exact) mass is 229 g/mol. The number of nitrogens with zero attached hydrogens (tertiary/aromatic N) is 1. The fourth-order valence-electron chi connectivity index (χ4n) is 1.73. The molecule has 1 aliphatic heterocycles. The van der Waals surface area contributed by atoms with E-state index in [1.54, 1.807) is 0 Å². The van der Waals surface area contributed by atoms with E-state index >= 15 is 0 Å². The number of hydrogen-bond acceptors (Lipinski definition) is 3. The topological polar surface area (TPSA) is 66.8 Å². The van der Waals surface area contributed by atoms with Gasteiger partial charge in [0.25, 0.3) is 0 Å². The molecule has 0 aliphatic carbocycles. The van der Waals surface area contributed by atoms with Crippen LogP contribution >= 0.6 is 0 Å². The molecule has 0 radical (unpaired) electrons. The highest BCUT2D eigenvalue weighted by molar-refractivity contribution is 5.80. The predicted molar refractivity (Wildman–Crippen MR) is 58.2 cm³/mol. The number of amides is 1. The number of piperidine rings is 1. The van der Waals surface area contributed by atoms with Crippen molar-refractivity contribution in [3.8, 4) is 0 Å². The number of aliphatic carboxylic acids is 1. The Balaban J connectivity index is 2.54. The summed E-state index contributed by atoms with van der Waals surface area (Å²) in [4.78, 5) is 23.9. The number of ether oxygens (including phenoxy) is 1. The molecule has 5 nitrogen and oxygen atoms in total. The molecule has 1 heterocycles. The molecule has 1 saturated heterocycles. The molecule has 0 aromatic heterocycles. The lowest BCUT2D eigenvalue weighted by Gasteiger charge is -2.32. The summed E-state index contributed by atoms with van der Waals surface area (Å²) in [5.74, 6) is -0.682. The van der Waals surface area contributed by atoms with Crippen LogP contribution in [0.2, 0.25) is 0 Å². The van der Waals surface area contributed by atoms with E-state index < -0.39 is 18.1 Å². The first-order valence-corrected chi connectivity index (χ1v) is 5.68. The van der Waals surface area contributed by atoms with E-state index in [-0.39, 0.29) is 5.92 Å². The lowest BCUT2D eigenvalue weighted by molar-refractivity contribution is -0.143. The molecule has 5 heteroatoms. The Morgan fingerprint density at radius 3 is 2.69 bits per heavy atom. The summed E-state index contributed by atoms with van der Waals surface area (Å²) in [5.41, 5.74) is 0. The third-order valence-electron chi connectivity index (χ3n) is 2.56. The smallest absolute Gasteiger partial charge is 0.410 e. The zero-order chi connectivity index (χ0) is 12.1. The van der Waals surface area contributed by atoms with Gasteiger partial charge in [-0.25, -0.2) is 9.59 Å². The van der Waals surface area contributed by atoms with E-state index in [9.17, 15) is 9.59 Å². The summed E-state index contributed by atoms with van der Waals surface area (Å²) in [6, 6.07) is -0.714. The third-order valence-corrected chi connectivity index (χ3v) is 2.56. The van der Waals surface area contributed by atoms with Gasteiger partial charge >= 0.3 is 12.1 Å². The summed E-state index contributed by atoms with van der Waals surface area (Å²) >= 11 is 0. The van der Waals surface area contributed by atoms with Gasteiger partial charge in [-0.1, -0.05) is 13.8 Å². The van der Waals surface area contributed by atoms with Crippen LogP contribution in [0.25, 0.3) is 0 Å². The Labute approximate surface area is 95.4 Å². The van der Waals surface area contributed by atoms with E-state index in [0.717, 1.165) is 12.8 Å². The molecule has 0 aromatic rings. The Morgan fingerprint density at radius 1 is 1.44 bits per heavy atom. The summed E-state index contributed by atoms with van der Waals surface area (Å²) < 4.78 is 5.05. The highest BCUT2D eigenvalue weighted by Crippen LogP contribution is 2.18. The fourth-order valence-corrected chi connectivity index (χ4v) is 1.73. The second kappa shape index (κ2) is 5.72. The van der Waals surface area contributed by atoms with Crippen molar-refractivity contribution in [1.29, 1.82) is 0 Å². The van der Waals surface area contributed by atoms with Crippen molar-refractivity contribution in [1.82, 2.24) is 4.90 Å². The second-order valence-electron chi connectivity index (χ2n) is 4.51. The normalized spacial score (nSPS) is 20.9. The first-order valence-electron chi connectivity index (χ1n) is 5.68. The van der Waals surface area contributed by atoms with Crippen molar-refractivity contribution in [2.24, 2.45) is 5.92 Å². The molecule has 1 aliphatic rings. The molecule has 92 valence electrons. The van der Waals surface area contributed by atoms with Gasteiger partial charge in [-0.2, -0.15) is 0 Å². The van der Waals surface area contributed by atoms with Crippen LogP contribution in [0.3, 0.4) is 0 Å². The van der Waals surface area contributed by atoms with Crippen molar-refractivity contribution < 1.29 is 19.4 Å². The Bertz CT molecular complexity index is 265. The van der Waals surface area contributed by atoms with Crippen molar-refractivity contribution in [3.63, 3.8) is 0 Å². The van der Waals surface area contributed by atoms with Gasteiger partial charge in [-0.15, -0.1) is 0 Å². The zero-order valence-electron chi connectivity index (χ0n) is 9.81. The Hall–Kier alpha value is -1.26. The average molecular weight is 229 g/mol. The van der Waals surface area contributed by atoms with Gasteiger partial charge in [0.15, 0.2) is 0 Å². The maximum Gasteiger partial charge on any atom is 0.410 e. The number of likely N-dealkylation sites (tertiary alicyclic amines) is 1. The first kappa shape index (κ1) is 12.8. The molecule has 1 amide bonds. The molecular weight excluding hydrogens is 210 g/mol. The highest BCUT2D eigenvalue weighted by Gasteiger charge is 2.32. The first-order chi connectivity index (χ1) is 7.52. The van der Waals surface area contributed by atoms with Gasteiger partial charge in [-0.3, -0.25) is 4.90 Å². The number of rotatable bonds is 3. The molecule has 0 spiro atoms. The largest absolute Gasteiger partial charge is 0.480 e. The standard InChI is InChI=1S/C11H19NO4/c1-8(2)7-16-11(15)12-6-4-3-5-9(12)10(13)14/h8-9H,3-7H2,1-2H3,(H,13,14). The van der Waals surface area contributed by atoms with Gasteiger partial charge < -0.3 is 9.84 Å². The molecule has 1 fully saturated rings. The minimum Gasteiger partial charge on any atom is -0.480 e. The quantitative estimate of drug-likeness (QED) is 0.800.